The second-order valence-electron chi connectivity index (χ2n) is 5.43. The first-order chi connectivity index (χ1) is 9.99. The minimum absolute atomic E-state index is 0.00817. The van der Waals surface area contributed by atoms with Crippen molar-refractivity contribution in [3.8, 4) is 0 Å². The first-order valence-electron chi connectivity index (χ1n) is 7.80. The van der Waals surface area contributed by atoms with Crippen LogP contribution >= 0.6 is 11.3 Å². The van der Waals surface area contributed by atoms with E-state index in [4.69, 9.17) is 0 Å². The van der Waals surface area contributed by atoms with Crippen molar-refractivity contribution < 1.29 is 8.42 Å². The number of thiophene rings is 1. The normalized spacial score (nSPS) is 13.5. The van der Waals surface area contributed by atoms with Gasteiger partial charge < -0.3 is 5.32 Å². The van der Waals surface area contributed by atoms with Crippen LogP contribution in [0, 0.1) is 0 Å². The number of hydrogen-bond acceptors (Lipinski definition) is 4. The third-order valence-corrected chi connectivity index (χ3v) is 6.40. The maximum atomic E-state index is 12.3. The molecule has 0 amide bonds. The van der Waals surface area contributed by atoms with Crippen LogP contribution in [0.25, 0.3) is 0 Å². The Kier molecular flexibility index (Phi) is 8.48. The molecule has 1 aromatic rings. The van der Waals surface area contributed by atoms with Gasteiger partial charge in [0.05, 0.1) is 0 Å². The molecule has 21 heavy (non-hydrogen) atoms. The minimum atomic E-state index is -3.37. The van der Waals surface area contributed by atoms with Gasteiger partial charge in [-0.25, -0.2) is 13.1 Å². The Bertz CT molecular complexity index is 498. The molecule has 2 N–H and O–H groups in total. The molecule has 0 saturated carbocycles. The van der Waals surface area contributed by atoms with E-state index in [0.717, 1.165) is 31.5 Å². The monoisotopic (exact) mass is 332 g/mol. The lowest BCUT2D eigenvalue weighted by atomic mass is 10.1. The molecule has 0 aromatic carbocycles. The molecule has 1 rings (SSSR count). The Balaban J connectivity index is 2.50. The van der Waals surface area contributed by atoms with E-state index < -0.39 is 10.0 Å². The summed E-state index contributed by atoms with van der Waals surface area (Å²) in [4.78, 5) is 0. The van der Waals surface area contributed by atoms with E-state index in [1.165, 1.54) is 30.6 Å². The van der Waals surface area contributed by atoms with Crippen molar-refractivity contribution in [2.45, 2.75) is 69.7 Å². The van der Waals surface area contributed by atoms with Crippen molar-refractivity contribution >= 4 is 21.4 Å². The minimum Gasteiger partial charge on any atom is -0.313 e. The van der Waals surface area contributed by atoms with Crippen LogP contribution in [0.15, 0.2) is 15.7 Å². The molecular weight excluding hydrogens is 304 g/mol. The van der Waals surface area contributed by atoms with Crippen LogP contribution in [0.2, 0.25) is 0 Å². The second kappa shape index (κ2) is 9.56. The van der Waals surface area contributed by atoms with Crippen LogP contribution in [0.4, 0.5) is 0 Å². The van der Waals surface area contributed by atoms with Crippen LogP contribution < -0.4 is 10.0 Å². The van der Waals surface area contributed by atoms with E-state index in [9.17, 15) is 8.42 Å². The Hall–Kier alpha value is -0.430. The quantitative estimate of drug-likeness (QED) is 0.610. The summed E-state index contributed by atoms with van der Waals surface area (Å²) in [6.45, 7) is 7.75. The van der Waals surface area contributed by atoms with Crippen molar-refractivity contribution in [2.75, 3.05) is 6.54 Å². The first-order valence-corrected chi connectivity index (χ1v) is 10.2. The van der Waals surface area contributed by atoms with Gasteiger partial charge in [-0.1, -0.05) is 39.5 Å². The standard InChI is InChI=1S/C15H28N2O2S2/c1-4-6-7-8-9-13(3)17-21(18,19)15-10-14(12-20-15)11-16-5-2/h10,12-13,16-17H,4-9,11H2,1-3H3. The van der Waals surface area contributed by atoms with Crippen molar-refractivity contribution in [1.29, 1.82) is 0 Å². The van der Waals surface area contributed by atoms with E-state index in [-0.39, 0.29) is 6.04 Å². The van der Waals surface area contributed by atoms with E-state index in [2.05, 4.69) is 17.0 Å². The molecule has 0 spiro atoms. The Morgan fingerprint density at radius 2 is 2.00 bits per heavy atom. The van der Waals surface area contributed by atoms with E-state index in [1.54, 1.807) is 6.07 Å². The van der Waals surface area contributed by atoms with Gasteiger partial charge >= 0.3 is 0 Å². The molecule has 122 valence electrons. The summed E-state index contributed by atoms with van der Waals surface area (Å²) < 4.78 is 27.8. The van der Waals surface area contributed by atoms with Crippen LogP contribution in [-0.2, 0) is 16.6 Å². The summed E-state index contributed by atoms with van der Waals surface area (Å²) in [7, 11) is -3.37. The molecule has 1 aromatic heterocycles. The first kappa shape index (κ1) is 18.6. The molecule has 0 bridgehead atoms. The molecule has 0 fully saturated rings. The molecule has 0 saturated heterocycles. The van der Waals surface area contributed by atoms with Gasteiger partial charge in [0.2, 0.25) is 10.0 Å². The van der Waals surface area contributed by atoms with Crippen LogP contribution in [-0.4, -0.2) is 21.0 Å². The van der Waals surface area contributed by atoms with Crippen LogP contribution in [0.1, 0.15) is 58.4 Å². The number of nitrogens with one attached hydrogen (secondary N) is 2. The number of rotatable bonds is 11. The summed E-state index contributed by atoms with van der Waals surface area (Å²) in [6.07, 6.45) is 5.57. The fraction of sp³-hybridized carbons (Fsp3) is 0.733. The maximum Gasteiger partial charge on any atom is 0.250 e. The van der Waals surface area contributed by atoms with Crippen LogP contribution in [0.5, 0.6) is 0 Å². The van der Waals surface area contributed by atoms with Crippen molar-refractivity contribution in [2.24, 2.45) is 0 Å². The lowest BCUT2D eigenvalue weighted by molar-refractivity contribution is 0.523. The number of unbranched alkanes of at least 4 members (excludes halogenated alkanes) is 3. The summed E-state index contributed by atoms with van der Waals surface area (Å²) >= 11 is 1.29. The molecule has 6 heteroatoms. The van der Waals surface area contributed by atoms with E-state index in [1.807, 2.05) is 19.2 Å². The highest BCUT2D eigenvalue weighted by atomic mass is 32.2. The topological polar surface area (TPSA) is 58.2 Å². The van der Waals surface area contributed by atoms with Gasteiger partial charge in [-0.2, -0.15) is 0 Å². The highest BCUT2D eigenvalue weighted by Gasteiger charge is 2.19. The van der Waals surface area contributed by atoms with Gasteiger partial charge in [0.25, 0.3) is 0 Å². The third kappa shape index (κ3) is 6.91. The fourth-order valence-corrected chi connectivity index (χ4v) is 4.62. The van der Waals surface area contributed by atoms with Gasteiger partial charge in [-0.05, 0) is 36.9 Å². The molecule has 1 atom stereocenters. The third-order valence-electron chi connectivity index (χ3n) is 3.32. The summed E-state index contributed by atoms with van der Waals surface area (Å²) in [6, 6.07) is 1.76. The molecule has 1 heterocycles. The summed E-state index contributed by atoms with van der Waals surface area (Å²) in [5, 5.41) is 5.11. The number of sulfonamides is 1. The van der Waals surface area contributed by atoms with Crippen molar-refractivity contribution in [3.63, 3.8) is 0 Å². The van der Waals surface area contributed by atoms with Gasteiger partial charge in [0.15, 0.2) is 0 Å². The number of hydrogen-bond donors (Lipinski definition) is 2. The molecule has 0 aliphatic rings. The zero-order valence-corrected chi connectivity index (χ0v) is 14.9. The summed E-state index contributed by atoms with van der Waals surface area (Å²) in [5.41, 5.74) is 1.03. The summed E-state index contributed by atoms with van der Waals surface area (Å²) in [5.74, 6) is 0. The second-order valence-corrected chi connectivity index (χ2v) is 8.28. The van der Waals surface area contributed by atoms with Gasteiger partial charge in [-0.3, -0.25) is 0 Å². The predicted octanol–water partition coefficient (Wildman–Crippen LogP) is 3.49. The van der Waals surface area contributed by atoms with Crippen molar-refractivity contribution in [3.05, 3.63) is 17.0 Å². The molecular formula is C15H28N2O2S2. The van der Waals surface area contributed by atoms with Gasteiger partial charge in [0.1, 0.15) is 4.21 Å². The van der Waals surface area contributed by atoms with Crippen LogP contribution in [0.3, 0.4) is 0 Å². The highest BCUT2D eigenvalue weighted by Crippen LogP contribution is 2.21. The zero-order valence-electron chi connectivity index (χ0n) is 13.3. The average molecular weight is 333 g/mol. The smallest absolute Gasteiger partial charge is 0.250 e. The Morgan fingerprint density at radius 3 is 2.67 bits per heavy atom. The Labute approximate surface area is 133 Å². The SMILES string of the molecule is CCCCCCC(C)NS(=O)(=O)c1cc(CNCC)cs1. The maximum absolute atomic E-state index is 12.3. The Morgan fingerprint density at radius 1 is 1.24 bits per heavy atom. The van der Waals surface area contributed by atoms with Crippen molar-refractivity contribution in [1.82, 2.24) is 10.0 Å². The predicted molar refractivity (Wildman–Crippen MR) is 90.2 cm³/mol. The highest BCUT2D eigenvalue weighted by molar-refractivity contribution is 7.91. The van der Waals surface area contributed by atoms with E-state index >= 15 is 0 Å². The molecule has 4 nitrogen and oxygen atoms in total. The lowest BCUT2D eigenvalue weighted by Crippen LogP contribution is -2.32. The van der Waals surface area contributed by atoms with Gasteiger partial charge in [0, 0.05) is 12.6 Å². The molecule has 0 aliphatic carbocycles. The zero-order chi connectivity index (χ0) is 15.7. The average Bonchev–Trinajstić information content (AvgIpc) is 2.90. The van der Waals surface area contributed by atoms with E-state index in [0.29, 0.717) is 4.21 Å². The lowest BCUT2D eigenvalue weighted by Gasteiger charge is -2.13. The molecule has 1 unspecified atom stereocenters. The largest absolute Gasteiger partial charge is 0.313 e. The fourth-order valence-electron chi connectivity index (χ4n) is 2.12. The molecule has 0 radical (unpaired) electrons. The van der Waals surface area contributed by atoms with Gasteiger partial charge in [-0.15, -0.1) is 11.3 Å². The molecule has 0 aliphatic heterocycles.